The molecule has 4 rings (SSSR count). The number of hydrogen-bond acceptors (Lipinski definition) is 6. The van der Waals surface area contributed by atoms with E-state index in [0.717, 1.165) is 54.8 Å². The van der Waals surface area contributed by atoms with Crippen molar-refractivity contribution in [3.8, 4) is 11.4 Å². The molecule has 1 amide bonds. The van der Waals surface area contributed by atoms with Gasteiger partial charge in [-0.25, -0.2) is 9.97 Å². The van der Waals surface area contributed by atoms with Crippen LogP contribution in [0.2, 0.25) is 0 Å². The van der Waals surface area contributed by atoms with Crippen LogP contribution in [0.1, 0.15) is 12.8 Å². The van der Waals surface area contributed by atoms with Gasteiger partial charge in [0.1, 0.15) is 5.82 Å². The summed E-state index contributed by atoms with van der Waals surface area (Å²) in [6.45, 7) is 3.33. The van der Waals surface area contributed by atoms with Gasteiger partial charge in [0.05, 0.1) is 12.1 Å². The molecular weight excluding hydrogens is 376 g/mol. The van der Waals surface area contributed by atoms with Gasteiger partial charge in [0, 0.05) is 44.0 Å². The molecule has 2 aromatic heterocycles. The third-order valence-electron chi connectivity index (χ3n) is 5.75. The van der Waals surface area contributed by atoms with Crippen molar-refractivity contribution >= 4 is 22.6 Å². The van der Waals surface area contributed by atoms with Crippen molar-refractivity contribution in [1.29, 1.82) is 0 Å². The highest BCUT2D eigenvalue weighted by atomic mass is 16.1. The summed E-state index contributed by atoms with van der Waals surface area (Å²) in [4.78, 5) is 30.0. The van der Waals surface area contributed by atoms with Crippen molar-refractivity contribution < 1.29 is 4.79 Å². The first-order chi connectivity index (χ1) is 14.6. The minimum absolute atomic E-state index is 0.0842. The first-order valence-electron chi connectivity index (χ1n) is 10.5. The number of rotatable bonds is 6. The van der Waals surface area contributed by atoms with E-state index in [1.165, 1.54) is 0 Å². The van der Waals surface area contributed by atoms with Crippen LogP contribution >= 0.6 is 0 Å². The fourth-order valence-electron chi connectivity index (χ4n) is 4.06. The van der Waals surface area contributed by atoms with Crippen molar-refractivity contribution in [2.45, 2.75) is 12.8 Å². The second-order valence-electron chi connectivity index (χ2n) is 7.90. The number of nitrogens with one attached hydrogen (secondary N) is 1. The number of piperidine rings is 1. The molecule has 1 saturated heterocycles. The van der Waals surface area contributed by atoms with Crippen LogP contribution in [-0.4, -0.2) is 66.0 Å². The molecular formula is C23H28N6O. The van der Waals surface area contributed by atoms with Gasteiger partial charge in [0.15, 0.2) is 5.82 Å². The lowest BCUT2D eigenvalue weighted by molar-refractivity contribution is -0.122. The quantitative estimate of drug-likeness (QED) is 0.681. The minimum atomic E-state index is 0.0842. The van der Waals surface area contributed by atoms with Crippen LogP contribution < -0.4 is 10.2 Å². The number of hydrogen-bond donors (Lipinski definition) is 1. The molecule has 0 saturated carbocycles. The Labute approximate surface area is 177 Å². The van der Waals surface area contributed by atoms with Gasteiger partial charge in [0.25, 0.3) is 0 Å². The van der Waals surface area contributed by atoms with E-state index >= 15 is 0 Å². The second-order valence-corrected chi connectivity index (χ2v) is 7.90. The maximum atomic E-state index is 11.6. The number of likely N-dealkylation sites (N-methyl/N-ethyl adjacent to an activating group) is 1. The van der Waals surface area contributed by atoms with E-state index in [1.807, 2.05) is 30.3 Å². The number of pyridine rings is 1. The number of fused-ring (bicyclic) bond motifs is 1. The Hall–Kier alpha value is -3.06. The summed E-state index contributed by atoms with van der Waals surface area (Å²) in [6.07, 6.45) is 5.73. The fraction of sp³-hybridized carbons (Fsp3) is 0.391. The van der Waals surface area contributed by atoms with E-state index in [0.29, 0.717) is 18.3 Å². The molecule has 0 spiro atoms. The van der Waals surface area contributed by atoms with E-state index in [9.17, 15) is 4.79 Å². The number of aromatic nitrogens is 3. The smallest absolute Gasteiger partial charge is 0.233 e. The van der Waals surface area contributed by atoms with Crippen molar-refractivity contribution in [2.75, 3.05) is 45.2 Å². The summed E-state index contributed by atoms with van der Waals surface area (Å²) in [5.74, 6) is 2.31. The number of para-hydroxylation sites is 1. The molecule has 156 valence electrons. The third-order valence-corrected chi connectivity index (χ3v) is 5.75. The normalized spacial score (nSPS) is 15.3. The standard InChI is InChI=1S/C23H28N6O/c1-24-21(30)16-29-12-9-17(10-13-29)15-28(2)23-19-7-3-4-8-20(19)26-22(27-23)18-6-5-11-25-14-18/h3-8,11,14,17H,9-10,12-13,15-16H2,1-2H3,(H,24,30). The van der Waals surface area contributed by atoms with Gasteiger partial charge in [0.2, 0.25) is 5.91 Å². The van der Waals surface area contributed by atoms with Crippen LogP contribution in [0.4, 0.5) is 5.82 Å². The predicted molar refractivity (Wildman–Crippen MR) is 119 cm³/mol. The SMILES string of the molecule is CNC(=O)CN1CCC(CN(C)c2nc(-c3cccnc3)nc3ccccc23)CC1. The lowest BCUT2D eigenvalue weighted by Gasteiger charge is -2.34. The molecule has 1 aliphatic rings. The first-order valence-corrected chi connectivity index (χ1v) is 10.5. The maximum absolute atomic E-state index is 11.6. The van der Waals surface area contributed by atoms with Crippen molar-refractivity contribution in [3.63, 3.8) is 0 Å². The molecule has 0 radical (unpaired) electrons. The largest absolute Gasteiger partial charge is 0.359 e. The molecule has 7 heteroatoms. The highest BCUT2D eigenvalue weighted by Gasteiger charge is 2.23. The highest BCUT2D eigenvalue weighted by molar-refractivity contribution is 5.90. The number of carbonyl (C=O) groups excluding carboxylic acids is 1. The lowest BCUT2D eigenvalue weighted by atomic mass is 9.96. The van der Waals surface area contributed by atoms with E-state index in [1.54, 1.807) is 19.4 Å². The molecule has 0 bridgehead atoms. The molecule has 0 unspecified atom stereocenters. The fourth-order valence-corrected chi connectivity index (χ4v) is 4.06. The molecule has 7 nitrogen and oxygen atoms in total. The van der Waals surface area contributed by atoms with E-state index in [2.05, 4.69) is 33.2 Å². The van der Waals surface area contributed by atoms with Gasteiger partial charge in [-0.05, 0) is 56.1 Å². The zero-order valence-electron chi connectivity index (χ0n) is 17.6. The Morgan fingerprint density at radius 1 is 1.17 bits per heavy atom. The van der Waals surface area contributed by atoms with Crippen molar-refractivity contribution in [1.82, 2.24) is 25.2 Å². The van der Waals surface area contributed by atoms with Crippen LogP contribution in [0.15, 0.2) is 48.8 Å². The van der Waals surface area contributed by atoms with Crippen LogP contribution in [0, 0.1) is 5.92 Å². The number of benzene rings is 1. The van der Waals surface area contributed by atoms with Gasteiger partial charge < -0.3 is 10.2 Å². The topological polar surface area (TPSA) is 74.2 Å². The summed E-state index contributed by atoms with van der Waals surface area (Å²) in [7, 11) is 3.80. The number of amides is 1. The summed E-state index contributed by atoms with van der Waals surface area (Å²) in [5.41, 5.74) is 1.86. The number of nitrogens with zero attached hydrogens (tertiary/aromatic N) is 5. The molecule has 0 aliphatic carbocycles. The zero-order valence-corrected chi connectivity index (χ0v) is 17.6. The van der Waals surface area contributed by atoms with Crippen LogP contribution in [-0.2, 0) is 4.79 Å². The molecule has 0 atom stereocenters. The second kappa shape index (κ2) is 9.17. The Morgan fingerprint density at radius 2 is 1.97 bits per heavy atom. The van der Waals surface area contributed by atoms with Crippen LogP contribution in [0.3, 0.4) is 0 Å². The van der Waals surface area contributed by atoms with E-state index in [-0.39, 0.29) is 5.91 Å². The van der Waals surface area contributed by atoms with E-state index < -0.39 is 0 Å². The number of likely N-dealkylation sites (tertiary alicyclic amines) is 1. The first kappa shape index (κ1) is 20.2. The molecule has 1 aliphatic heterocycles. The third kappa shape index (κ3) is 4.57. The molecule has 3 aromatic rings. The number of anilines is 1. The van der Waals surface area contributed by atoms with Gasteiger partial charge in [-0.1, -0.05) is 12.1 Å². The molecule has 30 heavy (non-hydrogen) atoms. The van der Waals surface area contributed by atoms with Gasteiger partial charge in [-0.2, -0.15) is 0 Å². The monoisotopic (exact) mass is 404 g/mol. The minimum Gasteiger partial charge on any atom is -0.359 e. The Bertz CT molecular complexity index is 1000. The average Bonchev–Trinajstić information content (AvgIpc) is 2.80. The van der Waals surface area contributed by atoms with Crippen LogP contribution in [0.5, 0.6) is 0 Å². The molecule has 1 fully saturated rings. The predicted octanol–water partition coefficient (Wildman–Crippen LogP) is 2.59. The summed E-state index contributed by atoms with van der Waals surface area (Å²) in [5, 5.41) is 3.77. The summed E-state index contributed by atoms with van der Waals surface area (Å²) in [6, 6.07) is 12.1. The van der Waals surface area contributed by atoms with Gasteiger partial charge in [-0.15, -0.1) is 0 Å². The van der Waals surface area contributed by atoms with Crippen molar-refractivity contribution in [2.24, 2.45) is 5.92 Å². The summed E-state index contributed by atoms with van der Waals surface area (Å²) < 4.78 is 0. The Balaban J connectivity index is 1.52. The number of carbonyl (C=O) groups is 1. The molecule has 3 heterocycles. The van der Waals surface area contributed by atoms with Gasteiger partial charge >= 0.3 is 0 Å². The summed E-state index contributed by atoms with van der Waals surface area (Å²) >= 11 is 0. The lowest BCUT2D eigenvalue weighted by Crippen LogP contribution is -2.42. The highest BCUT2D eigenvalue weighted by Crippen LogP contribution is 2.28. The zero-order chi connectivity index (χ0) is 20.9. The van der Waals surface area contributed by atoms with Crippen LogP contribution in [0.25, 0.3) is 22.3 Å². The van der Waals surface area contributed by atoms with E-state index in [4.69, 9.17) is 9.97 Å². The van der Waals surface area contributed by atoms with Crippen molar-refractivity contribution in [3.05, 3.63) is 48.8 Å². The molecule has 1 N–H and O–H groups in total. The van der Waals surface area contributed by atoms with Gasteiger partial charge in [-0.3, -0.25) is 14.7 Å². The Morgan fingerprint density at radius 3 is 2.70 bits per heavy atom. The average molecular weight is 405 g/mol. The Kier molecular flexibility index (Phi) is 6.18. The maximum Gasteiger partial charge on any atom is 0.233 e. The molecule has 1 aromatic carbocycles.